The van der Waals surface area contributed by atoms with Crippen LogP contribution in [0.25, 0.3) is 0 Å². The van der Waals surface area contributed by atoms with E-state index in [1.165, 1.54) is 11.0 Å². The molecule has 0 aliphatic carbocycles. The normalized spacial score (nSPS) is 12.8. The van der Waals surface area contributed by atoms with Gasteiger partial charge in [0.25, 0.3) is 0 Å². The van der Waals surface area contributed by atoms with Crippen LogP contribution < -0.4 is 10.6 Å². The first-order valence-electron chi connectivity index (χ1n) is 12.7. The highest BCUT2D eigenvalue weighted by Crippen LogP contribution is 2.26. The monoisotopic (exact) mass is 517 g/mol. The van der Waals surface area contributed by atoms with Crippen LogP contribution in [0, 0.1) is 12.8 Å². The molecule has 0 aliphatic heterocycles. The van der Waals surface area contributed by atoms with Gasteiger partial charge in [0.2, 0.25) is 11.8 Å². The van der Waals surface area contributed by atoms with Gasteiger partial charge in [0.1, 0.15) is 17.7 Å². The van der Waals surface area contributed by atoms with Crippen molar-refractivity contribution in [3.63, 3.8) is 0 Å². The zero-order valence-corrected chi connectivity index (χ0v) is 23.3. The largest absolute Gasteiger partial charge is 0.466 e. The molecule has 9 nitrogen and oxygen atoms in total. The van der Waals surface area contributed by atoms with Crippen LogP contribution in [0.1, 0.15) is 71.6 Å². The molecule has 206 valence electrons. The highest BCUT2D eigenvalue weighted by Gasteiger charge is 2.36. The minimum atomic E-state index is -1.01. The van der Waals surface area contributed by atoms with Crippen molar-refractivity contribution >= 4 is 23.9 Å². The molecule has 2 atom stereocenters. The lowest BCUT2D eigenvalue weighted by Crippen LogP contribution is -2.53. The van der Waals surface area contributed by atoms with Gasteiger partial charge in [-0.2, -0.15) is 0 Å². The number of carbonyl (C=O) groups is 4. The average Bonchev–Trinajstić information content (AvgIpc) is 2.77. The fraction of sp³-hybridized carbons (Fsp3) is 0.571. The summed E-state index contributed by atoms with van der Waals surface area (Å²) in [5, 5.41) is 5.46. The topological polar surface area (TPSA) is 114 Å². The van der Waals surface area contributed by atoms with E-state index in [4.69, 9.17) is 9.47 Å². The van der Waals surface area contributed by atoms with Gasteiger partial charge in [0.15, 0.2) is 0 Å². The van der Waals surface area contributed by atoms with Crippen LogP contribution in [-0.2, 0) is 23.9 Å². The molecule has 1 aromatic rings. The Hall–Kier alpha value is -3.36. The second-order valence-corrected chi connectivity index (χ2v) is 10.2. The number of alkyl carbamates (subject to hydrolysis) is 1. The average molecular weight is 518 g/mol. The van der Waals surface area contributed by atoms with Crippen LogP contribution in [0.4, 0.5) is 4.79 Å². The molecular formula is C28H43N3O6. The summed E-state index contributed by atoms with van der Waals surface area (Å²) in [5.74, 6) is -1.24. The van der Waals surface area contributed by atoms with Crippen LogP contribution in [0.2, 0.25) is 0 Å². The van der Waals surface area contributed by atoms with Crippen molar-refractivity contribution in [1.29, 1.82) is 0 Å². The molecule has 0 bridgehead atoms. The Balaban J connectivity index is 3.36. The summed E-state index contributed by atoms with van der Waals surface area (Å²) in [4.78, 5) is 53.2. The highest BCUT2D eigenvalue weighted by molar-refractivity contribution is 5.92. The molecule has 1 rings (SSSR count). The number of aryl methyl sites for hydroxylation is 1. The molecule has 0 aromatic heterocycles. The number of amides is 3. The third-order valence-electron chi connectivity index (χ3n) is 5.28. The van der Waals surface area contributed by atoms with E-state index in [0.717, 1.165) is 5.56 Å². The fourth-order valence-corrected chi connectivity index (χ4v) is 3.77. The van der Waals surface area contributed by atoms with E-state index in [0.29, 0.717) is 12.0 Å². The number of hydrogen-bond donors (Lipinski definition) is 2. The van der Waals surface area contributed by atoms with E-state index in [1.54, 1.807) is 39.8 Å². The lowest BCUT2D eigenvalue weighted by Gasteiger charge is -2.34. The van der Waals surface area contributed by atoms with E-state index < -0.39 is 41.6 Å². The SMILES string of the molecule is C=CCN(C(=O)C(CC(C)C)NC(=O)OC(C)(C)C)C(C(=O)NCCC(=O)OCC)c1ccccc1C. The Morgan fingerprint density at radius 3 is 2.32 bits per heavy atom. The van der Waals surface area contributed by atoms with Crippen molar-refractivity contribution < 1.29 is 28.7 Å². The number of ether oxygens (including phenoxy) is 2. The maximum absolute atomic E-state index is 13.9. The molecule has 0 aliphatic rings. The van der Waals surface area contributed by atoms with Gasteiger partial charge in [-0.15, -0.1) is 6.58 Å². The second kappa shape index (κ2) is 15.0. The summed E-state index contributed by atoms with van der Waals surface area (Å²) in [6.45, 7) is 16.8. The first-order valence-corrected chi connectivity index (χ1v) is 12.7. The van der Waals surface area contributed by atoms with Gasteiger partial charge in [-0.05, 0) is 58.1 Å². The summed E-state index contributed by atoms with van der Waals surface area (Å²) >= 11 is 0. The van der Waals surface area contributed by atoms with Crippen molar-refractivity contribution in [3.8, 4) is 0 Å². The van der Waals surface area contributed by atoms with Crippen LogP contribution in [0.15, 0.2) is 36.9 Å². The number of nitrogens with zero attached hydrogens (tertiary/aromatic N) is 1. The molecule has 0 heterocycles. The smallest absolute Gasteiger partial charge is 0.408 e. The van der Waals surface area contributed by atoms with Crippen molar-refractivity contribution in [1.82, 2.24) is 15.5 Å². The van der Waals surface area contributed by atoms with Crippen molar-refractivity contribution in [2.24, 2.45) is 5.92 Å². The lowest BCUT2D eigenvalue weighted by atomic mass is 9.96. The van der Waals surface area contributed by atoms with Gasteiger partial charge in [0, 0.05) is 13.1 Å². The van der Waals surface area contributed by atoms with Gasteiger partial charge in [-0.1, -0.05) is 44.2 Å². The van der Waals surface area contributed by atoms with Gasteiger partial charge in [-0.3, -0.25) is 14.4 Å². The zero-order chi connectivity index (χ0) is 28.2. The number of esters is 1. The first kappa shape index (κ1) is 31.7. The molecule has 0 saturated carbocycles. The van der Waals surface area contributed by atoms with Crippen molar-refractivity contribution in [2.45, 2.75) is 79.0 Å². The number of carbonyl (C=O) groups excluding carboxylic acids is 4. The van der Waals surface area contributed by atoms with Crippen LogP contribution in [0.3, 0.4) is 0 Å². The molecule has 2 unspecified atom stereocenters. The van der Waals surface area contributed by atoms with Crippen LogP contribution in [-0.4, -0.2) is 60.1 Å². The quantitative estimate of drug-likeness (QED) is 0.301. The van der Waals surface area contributed by atoms with E-state index in [-0.39, 0.29) is 32.0 Å². The maximum Gasteiger partial charge on any atom is 0.408 e. The van der Waals surface area contributed by atoms with Gasteiger partial charge in [-0.25, -0.2) is 4.79 Å². The van der Waals surface area contributed by atoms with E-state index in [2.05, 4.69) is 17.2 Å². The van der Waals surface area contributed by atoms with Crippen LogP contribution in [0.5, 0.6) is 0 Å². The van der Waals surface area contributed by atoms with Gasteiger partial charge < -0.3 is 25.0 Å². The third-order valence-corrected chi connectivity index (χ3v) is 5.28. The molecule has 1 aromatic carbocycles. The summed E-state index contributed by atoms with van der Waals surface area (Å²) in [6, 6.07) is 5.35. The summed E-state index contributed by atoms with van der Waals surface area (Å²) in [7, 11) is 0. The maximum atomic E-state index is 13.9. The Kier molecular flexibility index (Phi) is 12.9. The van der Waals surface area contributed by atoms with Crippen molar-refractivity contribution in [2.75, 3.05) is 19.7 Å². The third kappa shape index (κ3) is 11.1. The molecule has 0 spiro atoms. The minimum absolute atomic E-state index is 0.00561. The number of hydrogen-bond acceptors (Lipinski definition) is 6. The Bertz CT molecular complexity index is 938. The summed E-state index contributed by atoms with van der Waals surface area (Å²) < 4.78 is 10.3. The number of rotatable bonds is 13. The molecule has 3 amide bonds. The lowest BCUT2D eigenvalue weighted by molar-refractivity contribution is -0.144. The predicted molar refractivity (Wildman–Crippen MR) is 143 cm³/mol. The second-order valence-electron chi connectivity index (χ2n) is 10.2. The number of nitrogens with one attached hydrogen (secondary N) is 2. The zero-order valence-electron chi connectivity index (χ0n) is 23.3. The molecule has 0 radical (unpaired) electrons. The Labute approximate surface area is 221 Å². The van der Waals surface area contributed by atoms with Crippen LogP contribution >= 0.6 is 0 Å². The standard InChI is InChI=1S/C28H43N3O6/c1-9-17-31(26(34)22(18-19(3)4)30-27(35)37-28(6,7)8)24(21-14-12-11-13-20(21)5)25(33)29-16-15-23(32)36-10-2/h9,11-14,19,22,24H,1,10,15-18H2,2-8H3,(H,29,33)(H,30,35). The molecule has 2 N–H and O–H groups in total. The van der Waals surface area contributed by atoms with E-state index >= 15 is 0 Å². The molecule has 9 heteroatoms. The molecule has 0 saturated heterocycles. The molecular weight excluding hydrogens is 474 g/mol. The predicted octanol–water partition coefficient (Wildman–Crippen LogP) is 4.06. The Morgan fingerprint density at radius 1 is 1.14 bits per heavy atom. The minimum Gasteiger partial charge on any atom is -0.466 e. The van der Waals surface area contributed by atoms with Gasteiger partial charge in [0.05, 0.1) is 13.0 Å². The molecule has 37 heavy (non-hydrogen) atoms. The van der Waals surface area contributed by atoms with E-state index in [1.807, 2.05) is 32.9 Å². The first-order chi connectivity index (χ1) is 17.3. The summed E-state index contributed by atoms with van der Waals surface area (Å²) in [5.41, 5.74) is 0.709. The van der Waals surface area contributed by atoms with Gasteiger partial charge >= 0.3 is 12.1 Å². The van der Waals surface area contributed by atoms with Crippen molar-refractivity contribution in [3.05, 3.63) is 48.0 Å². The highest BCUT2D eigenvalue weighted by atomic mass is 16.6. The molecule has 0 fully saturated rings. The summed E-state index contributed by atoms with van der Waals surface area (Å²) in [6.07, 6.45) is 1.17. The number of benzene rings is 1. The Morgan fingerprint density at radius 2 is 1.78 bits per heavy atom. The fourth-order valence-electron chi connectivity index (χ4n) is 3.77. The van der Waals surface area contributed by atoms with E-state index in [9.17, 15) is 19.2 Å².